The predicted molar refractivity (Wildman–Crippen MR) is 95.6 cm³/mol. The van der Waals surface area contributed by atoms with Crippen LogP contribution in [0.2, 0.25) is 0 Å². The molecule has 1 aliphatic heterocycles. The van der Waals surface area contributed by atoms with Gasteiger partial charge in [-0.25, -0.2) is 19.9 Å². The average Bonchev–Trinajstić information content (AvgIpc) is 2.69. The molecule has 3 heterocycles. The fourth-order valence-electron chi connectivity index (χ4n) is 2.67. The van der Waals surface area contributed by atoms with Gasteiger partial charge in [0.15, 0.2) is 0 Å². The Hall–Kier alpha value is -2.77. The van der Waals surface area contributed by atoms with Crippen LogP contribution in [0.3, 0.4) is 0 Å². The van der Waals surface area contributed by atoms with Gasteiger partial charge in [0.25, 0.3) is 5.91 Å². The van der Waals surface area contributed by atoms with Crippen LogP contribution in [-0.4, -0.2) is 63.5 Å². The van der Waals surface area contributed by atoms with E-state index in [1.54, 1.807) is 30.7 Å². The van der Waals surface area contributed by atoms with Gasteiger partial charge in [0.05, 0.1) is 0 Å². The van der Waals surface area contributed by atoms with Gasteiger partial charge in [-0.05, 0) is 18.6 Å². The summed E-state index contributed by atoms with van der Waals surface area (Å²) in [7, 11) is 0. The minimum Gasteiger partial charge on any atom is -0.354 e. The van der Waals surface area contributed by atoms with Crippen molar-refractivity contribution in [1.29, 1.82) is 0 Å². The van der Waals surface area contributed by atoms with E-state index in [9.17, 15) is 4.79 Å². The van der Waals surface area contributed by atoms with E-state index < -0.39 is 0 Å². The SMILES string of the molecule is CCCCNc1nccc(C(=O)N2CCN(c3ncccn3)CC2)n1. The van der Waals surface area contributed by atoms with E-state index in [1.165, 1.54) is 0 Å². The lowest BCUT2D eigenvalue weighted by Gasteiger charge is -2.34. The van der Waals surface area contributed by atoms with Crippen LogP contribution in [0, 0.1) is 0 Å². The average molecular weight is 341 g/mol. The minimum atomic E-state index is -0.0606. The third kappa shape index (κ3) is 4.40. The normalized spacial score (nSPS) is 14.4. The second-order valence-corrected chi connectivity index (χ2v) is 5.87. The van der Waals surface area contributed by atoms with E-state index >= 15 is 0 Å². The maximum Gasteiger partial charge on any atom is 0.272 e. The van der Waals surface area contributed by atoms with Gasteiger partial charge < -0.3 is 15.1 Å². The Kier molecular flexibility index (Phi) is 5.71. The van der Waals surface area contributed by atoms with Gasteiger partial charge in [0.1, 0.15) is 5.69 Å². The number of hydrogen-bond acceptors (Lipinski definition) is 7. The molecule has 0 unspecified atom stereocenters. The van der Waals surface area contributed by atoms with Crippen LogP contribution in [0.15, 0.2) is 30.7 Å². The monoisotopic (exact) mass is 341 g/mol. The zero-order chi connectivity index (χ0) is 17.5. The third-order valence-corrected chi connectivity index (χ3v) is 4.09. The van der Waals surface area contributed by atoms with Gasteiger partial charge in [-0.3, -0.25) is 4.79 Å². The molecule has 2 aromatic rings. The molecular weight excluding hydrogens is 318 g/mol. The van der Waals surface area contributed by atoms with Crippen molar-refractivity contribution in [2.75, 3.05) is 42.9 Å². The van der Waals surface area contributed by atoms with Crippen LogP contribution in [0.25, 0.3) is 0 Å². The maximum atomic E-state index is 12.7. The summed E-state index contributed by atoms with van der Waals surface area (Å²) >= 11 is 0. The first-order chi connectivity index (χ1) is 12.3. The molecule has 0 aliphatic carbocycles. The Morgan fingerprint density at radius 2 is 1.88 bits per heavy atom. The number of hydrogen-bond donors (Lipinski definition) is 1. The Morgan fingerprint density at radius 3 is 2.60 bits per heavy atom. The van der Waals surface area contributed by atoms with Crippen LogP contribution in [-0.2, 0) is 0 Å². The highest BCUT2D eigenvalue weighted by molar-refractivity contribution is 5.92. The number of anilines is 2. The van der Waals surface area contributed by atoms with Crippen LogP contribution < -0.4 is 10.2 Å². The fraction of sp³-hybridized carbons (Fsp3) is 0.471. The second kappa shape index (κ2) is 8.36. The highest BCUT2D eigenvalue weighted by Gasteiger charge is 2.24. The molecule has 25 heavy (non-hydrogen) atoms. The van der Waals surface area contributed by atoms with Crippen molar-refractivity contribution in [3.05, 3.63) is 36.4 Å². The van der Waals surface area contributed by atoms with Gasteiger partial charge in [-0.1, -0.05) is 13.3 Å². The third-order valence-electron chi connectivity index (χ3n) is 4.09. The van der Waals surface area contributed by atoms with E-state index in [0.717, 1.165) is 19.4 Å². The number of nitrogens with one attached hydrogen (secondary N) is 1. The van der Waals surface area contributed by atoms with E-state index in [2.05, 4.69) is 37.1 Å². The largest absolute Gasteiger partial charge is 0.354 e. The molecule has 0 saturated carbocycles. The quantitative estimate of drug-likeness (QED) is 0.796. The summed E-state index contributed by atoms with van der Waals surface area (Å²) in [6, 6.07) is 3.46. The molecule has 8 heteroatoms. The molecule has 2 aromatic heterocycles. The Morgan fingerprint density at radius 1 is 1.12 bits per heavy atom. The molecule has 8 nitrogen and oxygen atoms in total. The molecule has 132 valence electrons. The number of nitrogens with zero attached hydrogens (tertiary/aromatic N) is 6. The molecule has 0 spiro atoms. The van der Waals surface area contributed by atoms with Crippen LogP contribution in [0.4, 0.5) is 11.9 Å². The van der Waals surface area contributed by atoms with Gasteiger partial charge in [-0.15, -0.1) is 0 Å². The lowest BCUT2D eigenvalue weighted by atomic mass is 10.2. The number of unbranched alkanes of at least 4 members (excludes halogenated alkanes) is 1. The van der Waals surface area contributed by atoms with Crippen molar-refractivity contribution in [2.24, 2.45) is 0 Å². The molecule has 0 atom stereocenters. The zero-order valence-corrected chi connectivity index (χ0v) is 14.4. The van der Waals surface area contributed by atoms with Crippen LogP contribution >= 0.6 is 0 Å². The van der Waals surface area contributed by atoms with E-state index in [-0.39, 0.29) is 5.91 Å². The summed E-state index contributed by atoms with van der Waals surface area (Å²) in [5, 5.41) is 3.15. The molecule has 0 aromatic carbocycles. The van der Waals surface area contributed by atoms with Crippen molar-refractivity contribution in [3.63, 3.8) is 0 Å². The molecule has 1 amide bonds. The first-order valence-corrected chi connectivity index (χ1v) is 8.66. The van der Waals surface area contributed by atoms with E-state index in [1.807, 2.05) is 4.90 Å². The molecule has 0 radical (unpaired) electrons. The van der Waals surface area contributed by atoms with Crippen molar-refractivity contribution < 1.29 is 4.79 Å². The highest BCUT2D eigenvalue weighted by atomic mass is 16.2. The van der Waals surface area contributed by atoms with E-state index in [0.29, 0.717) is 43.8 Å². The zero-order valence-electron chi connectivity index (χ0n) is 14.4. The molecule has 1 fully saturated rings. The summed E-state index contributed by atoms with van der Waals surface area (Å²) in [6.45, 7) is 5.61. The topological polar surface area (TPSA) is 87.1 Å². The summed E-state index contributed by atoms with van der Waals surface area (Å²) in [5.41, 5.74) is 0.429. The maximum absolute atomic E-state index is 12.7. The number of carbonyl (C=O) groups excluding carboxylic acids is 1. The molecule has 0 bridgehead atoms. The second-order valence-electron chi connectivity index (χ2n) is 5.87. The van der Waals surface area contributed by atoms with E-state index in [4.69, 9.17) is 0 Å². The van der Waals surface area contributed by atoms with Crippen molar-refractivity contribution in [1.82, 2.24) is 24.8 Å². The molecule has 1 saturated heterocycles. The summed E-state index contributed by atoms with van der Waals surface area (Å²) in [4.78, 5) is 33.6. The number of rotatable bonds is 6. The van der Waals surface area contributed by atoms with Crippen molar-refractivity contribution >= 4 is 17.8 Å². The molecular formula is C17H23N7O. The molecule has 1 N–H and O–H groups in total. The van der Waals surface area contributed by atoms with Crippen LogP contribution in [0.1, 0.15) is 30.3 Å². The van der Waals surface area contributed by atoms with Crippen molar-refractivity contribution in [3.8, 4) is 0 Å². The molecule has 1 aliphatic rings. The van der Waals surface area contributed by atoms with Gasteiger partial charge in [0.2, 0.25) is 11.9 Å². The Balaban J connectivity index is 1.58. The summed E-state index contributed by atoms with van der Waals surface area (Å²) in [5.74, 6) is 1.16. The number of piperazine rings is 1. The standard InChI is InChI=1S/C17H23N7O/c1-2-3-6-18-16-19-9-5-14(22-16)15(25)23-10-12-24(13-11-23)17-20-7-4-8-21-17/h4-5,7-9H,2-3,6,10-13H2,1H3,(H,18,19,22). The summed E-state index contributed by atoms with van der Waals surface area (Å²) in [6.07, 6.45) is 7.23. The fourth-order valence-corrected chi connectivity index (χ4v) is 2.67. The first kappa shape index (κ1) is 17.1. The van der Waals surface area contributed by atoms with Gasteiger partial charge in [0, 0.05) is 51.3 Å². The highest BCUT2D eigenvalue weighted by Crippen LogP contribution is 2.12. The minimum absolute atomic E-state index is 0.0606. The van der Waals surface area contributed by atoms with Gasteiger partial charge in [-0.2, -0.15) is 0 Å². The predicted octanol–water partition coefficient (Wildman–Crippen LogP) is 1.44. The smallest absolute Gasteiger partial charge is 0.272 e. The number of carbonyl (C=O) groups is 1. The lowest BCUT2D eigenvalue weighted by Crippen LogP contribution is -2.49. The van der Waals surface area contributed by atoms with Crippen LogP contribution in [0.5, 0.6) is 0 Å². The first-order valence-electron chi connectivity index (χ1n) is 8.66. The Bertz CT molecular complexity index is 686. The summed E-state index contributed by atoms with van der Waals surface area (Å²) < 4.78 is 0. The van der Waals surface area contributed by atoms with Gasteiger partial charge >= 0.3 is 0 Å². The number of aromatic nitrogens is 4. The number of amides is 1. The lowest BCUT2D eigenvalue weighted by molar-refractivity contribution is 0.0740. The molecule has 3 rings (SSSR count). The Labute approximate surface area is 147 Å². The van der Waals surface area contributed by atoms with Crippen molar-refractivity contribution in [2.45, 2.75) is 19.8 Å².